The van der Waals surface area contributed by atoms with Gasteiger partial charge in [-0.2, -0.15) is 20.2 Å². The number of esters is 2. The fraction of sp³-hybridized carbons (Fsp3) is 0.538. The maximum absolute atomic E-state index is 12.1. The van der Waals surface area contributed by atoms with Crippen molar-refractivity contribution >= 4 is 35.4 Å². The van der Waals surface area contributed by atoms with E-state index in [-0.39, 0.29) is 30.4 Å². The zero-order valence-electron chi connectivity index (χ0n) is 13.4. The topological polar surface area (TPSA) is 130 Å². The molecule has 0 radical (unpaired) electrons. The summed E-state index contributed by atoms with van der Waals surface area (Å²) in [5, 5.41) is 12.0. The maximum atomic E-state index is 12.1. The molecule has 0 unspecified atom stereocenters. The van der Waals surface area contributed by atoms with Crippen molar-refractivity contribution in [3.05, 3.63) is 5.28 Å². The van der Waals surface area contributed by atoms with Gasteiger partial charge < -0.3 is 14.8 Å². The van der Waals surface area contributed by atoms with Crippen molar-refractivity contribution in [1.82, 2.24) is 15.0 Å². The number of rotatable bonds is 8. The summed E-state index contributed by atoms with van der Waals surface area (Å²) in [7, 11) is 0. The first-order valence-electron chi connectivity index (χ1n) is 7.16. The third-order valence-corrected chi connectivity index (χ3v) is 2.70. The van der Waals surface area contributed by atoms with Crippen molar-refractivity contribution in [2.24, 2.45) is 0 Å². The first-order valence-corrected chi connectivity index (χ1v) is 7.53. The summed E-state index contributed by atoms with van der Waals surface area (Å²) in [6.07, 6.45) is 1.69. The van der Waals surface area contributed by atoms with Crippen molar-refractivity contribution in [3.63, 3.8) is 0 Å². The molecule has 0 amide bonds. The number of carbonyl (C=O) groups is 2. The van der Waals surface area contributed by atoms with Crippen molar-refractivity contribution in [2.45, 2.75) is 26.8 Å². The van der Waals surface area contributed by atoms with Crippen molar-refractivity contribution in [1.29, 1.82) is 5.26 Å². The smallest absolute Gasteiger partial charge is 0.341 e. The number of nitrogens with one attached hydrogen (secondary N) is 1. The van der Waals surface area contributed by atoms with Gasteiger partial charge in [0.1, 0.15) is 0 Å². The minimum atomic E-state index is -1.68. The van der Waals surface area contributed by atoms with Gasteiger partial charge in [-0.1, -0.05) is 0 Å². The highest BCUT2D eigenvalue weighted by Crippen LogP contribution is 2.17. The number of hydrogen-bond donors (Lipinski definition) is 1. The van der Waals surface area contributed by atoms with E-state index in [2.05, 4.69) is 20.3 Å². The zero-order valence-corrected chi connectivity index (χ0v) is 14.2. The molecular formula is C13H17ClN6O4. The van der Waals surface area contributed by atoms with E-state index in [1.807, 2.05) is 0 Å². The third kappa shape index (κ3) is 4.92. The molecule has 24 heavy (non-hydrogen) atoms. The van der Waals surface area contributed by atoms with Gasteiger partial charge in [0.05, 0.1) is 13.2 Å². The minimum Gasteiger partial charge on any atom is -0.464 e. The highest BCUT2D eigenvalue weighted by atomic mass is 35.5. The Balaban J connectivity index is 3.29. The Morgan fingerprint density at radius 3 is 2.25 bits per heavy atom. The van der Waals surface area contributed by atoms with Crippen LogP contribution in [0.5, 0.6) is 0 Å². The Morgan fingerprint density at radius 2 is 1.79 bits per heavy atom. The van der Waals surface area contributed by atoms with E-state index < -0.39 is 18.0 Å². The van der Waals surface area contributed by atoms with Crippen LogP contribution in [0.1, 0.15) is 20.8 Å². The molecule has 0 bridgehead atoms. The lowest BCUT2D eigenvalue weighted by molar-refractivity contribution is -0.156. The second kappa shape index (κ2) is 9.46. The second-order valence-electron chi connectivity index (χ2n) is 4.14. The zero-order chi connectivity index (χ0) is 18.1. The quantitative estimate of drug-likeness (QED) is 0.308. The van der Waals surface area contributed by atoms with Gasteiger partial charge in [-0.25, -0.2) is 14.5 Å². The van der Waals surface area contributed by atoms with Crippen LogP contribution in [0.2, 0.25) is 5.28 Å². The number of hydrogen-bond acceptors (Lipinski definition) is 10. The van der Waals surface area contributed by atoms with E-state index in [0.29, 0.717) is 11.4 Å². The van der Waals surface area contributed by atoms with Crippen LogP contribution in [0, 0.1) is 11.5 Å². The number of aromatic nitrogens is 3. The summed E-state index contributed by atoms with van der Waals surface area (Å²) >= 11 is 5.80. The molecule has 0 saturated carbocycles. The van der Waals surface area contributed by atoms with Crippen molar-refractivity contribution < 1.29 is 19.1 Å². The van der Waals surface area contributed by atoms with Crippen molar-refractivity contribution in [3.8, 4) is 6.19 Å². The molecule has 0 aromatic carbocycles. The molecule has 0 spiro atoms. The highest BCUT2D eigenvalue weighted by molar-refractivity contribution is 6.28. The lowest BCUT2D eigenvalue weighted by atomic mass is 10.2. The lowest BCUT2D eigenvalue weighted by Gasteiger charge is -2.22. The first kappa shape index (κ1) is 19.4. The predicted molar refractivity (Wildman–Crippen MR) is 84.1 cm³/mol. The van der Waals surface area contributed by atoms with Gasteiger partial charge in [-0.15, -0.1) is 0 Å². The summed E-state index contributed by atoms with van der Waals surface area (Å²) < 4.78 is 9.66. The van der Waals surface area contributed by atoms with Crippen LogP contribution in [0.25, 0.3) is 0 Å². The van der Waals surface area contributed by atoms with E-state index in [1.165, 1.54) is 0 Å². The average Bonchev–Trinajstić information content (AvgIpc) is 2.52. The number of carbonyl (C=O) groups excluding carboxylic acids is 2. The Hall–Kier alpha value is -2.67. The van der Waals surface area contributed by atoms with Crippen LogP contribution in [-0.2, 0) is 19.1 Å². The Bertz CT molecular complexity index is 617. The number of nitriles is 1. The fourth-order valence-corrected chi connectivity index (χ4v) is 1.81. The summed E-state index contributed by atoms with van der Waals surface area (Å²) in [5.41, 5.74) is 0. The van der Waals surface area contributed by atoms with Gasteiger partial charge in [-0.05, 0) is 32.4 Å². The van der Waals surface area contributed by atoms with Gasteiger partial charge in [0, 0.05) is 6.54 Å². The highest BCUT2D eigenvalue weighted by Gasteiger charge is 2.38. The molecule has 130 valence electrons. The summed E-state index contributed by atoms with van der Waals surface area (Å²) in [6, 6.07) is -1.68. The van der Waals surface area contributed by atoms with Crippen LogP contribution < -0.4 is 10.2 Å². The molecular weight excluding hydrogens is 340 g/mol. The largest absolute Gasteiger partial charge is 0.464 e. The molecule has 10 nitrogen and oxygen atoms in total. The molecule has 0 fully saturated rings. The van der Waals surface area contributed by atoms with Gasteiger partial charge in [0.2, 0.25) is 23.2 Å². The lowest BCUT2D eigenvalue weighted by Crippen LogP contribution is -2.47. The number of ether oxygens (including phenoxy) is 2. The Kier molecular flexibility index (Phi) is 7.64. The summed E-state index contributed by atoms with van der Waals surface area (Å²) in [6.45, 7) is 5.48. The van der Waals surface area contributed by atoms with Crippen LogP contribution in [0.15, 0.2) is 0 Å². The van der Waals surface area contributed by atoms with Gasteiger partial charge >= 0.3 is 11.9 Å². The predicted octanol–water partition coefficient (Wildman–Crippen LogP) is 0.739. The van der Waals surface area contributed by atoms with E-state index >= 15 is 0 Å². The van der Waals surface area contributed by atoms with Crippen LogP contribution >= 0.6 is 11.6 Å². The summed E-state index contributed by atoms with van der Waals surface area (Å²) in [4.78, 5) is 36.4. The van der Waals surface area contributed by atoms with Gasteiger partial charge in [-0.3, -0.25) is 0 Å². The van der Waals surface area contributed by atoms with E-state index in [9.17, 15) is 14.9 Å². The number of halogens is 1. The van der Waals surface area contributed by atoms with E-state index in [4.69, 9.17) is 21.1 Å². The van der Waals surface area contributed by atoms with E-state index in [0.717, 1.165) is 0 Å². The second-order valence-corrected chi connectivity index (χ2v) is 4.47. The van der Waals surface area contributed by atoms with Crippen LogP contribution in [0.4, 0.5) is 11.9 Å². The SMILES string of the molecule is CCNc1nc(Cl)nc(N(C#N)C(C(=O)OCC)C(=O)OCC)n1. The third-order valence-electron chi connectivity index (χ3n) is 2.53. The Morgan fingerprint density at radius 1 is 1.21 bits per heavy atom. The molecule has 0 atom stereocenters. The molecule has 11 heteroatoms. The fourth-order valence-electron chi connectivity index (χ4n) is 1.65. The molecule has 1 aromatic rings. The standard InChI is InChI=1S/C13H17ClN6O4/c1-4-16-12-17-11(14)18-13(19-12)20(7-15)8(9(21)23-5-2)10(22)24-6-3/h8H,4-6H2,1-3H3,(H,16,17,18,19). The van der Waals surface area contributed by atoms with Gasteiger partial charge in [0.15, 0.2) is 6.19 Å². The molecule has 1 heterocycles. The maximum Gasteiger partial charge on any atom is 0.341 e. The molecule has 0 aliphatic rings. The van der Waals surface area contributed by atoms with Crippen LogP contribution in [0.3, 0.4) is 0 Å². The van der Waals surface area contributed by atoms with Crippen molar-refractivity contribution in [2.75, 3.05) is 30.0 Å². The van der Waals surface area contributed by atoms with Crippen LogP contribution in [-0.4, -0.2) is 52.7 Å². The monoisotopic (exact) mass is 356 g/mol. The summed E-state index contributed by atoms with van der Waals surface area (Å²) in [5.74, 6) is -2.10. The first-order chi connectivity index (χ1) is 11.5. The molecule has 0 aliphatic heterocycles. The molecule has 1 rings (SSSR count). The number of anilines is 2. The van der Waals surface area contributed by atoms with E-state index in [1.54, 1.807) is 27.0 Å². The Labute approximate surface area is 143 Å². The van der Waals surface area contributed by atoms with Gasteiger partial charge in [0.25, 0.3) is 0 Å². The number of nitrogens with zero attached hydrogens (tertiary/aromatic N) is 5. The molecule has 1 N–H and O–H groups in total. The molecule has 0 saturated heterocycles. The molecule has 0 aliphatic carbocycles. The normalized spacial score (nSPS) is 10.0. The minimum absolute atomic E-state index is 0.0224. The molecule has 1 aromatic heterocycles. The average molecular weight is 357 g/mol.